The molecule has 0 bridgehead atoms. The largest absolute Gasteiger partial charge is 0.472 e. The number of hydrogen-bond donors (Lipinski definition) is 3. The van der Waals surface area contributed by atoms with E-state index in [-0.39, 0.29) is 25.7 Å². The molecule has 3 N–H and O–H groups in total. The Morgan fingerprint density at radius 2 is 0.489 bits per heavy atom. The number of phosphoric ester groups is 2. The zero-order chi connectivity index (χ0) is 69.4. The molecule has 0 fully saturated rings. The van der Waals surface area contributed by atoms with Crippen LogP contribution < -0.4 is 0 Å². The lowest BCUT2D eigenvalue weighted by Gasteiger charge is -2.21. The van der Waals surface area contributed by atoms with Crippen LogP contribution in [-0.4, -0.2) is 96.7 Å². The van der Waals surface area contributed by atoms with E-state index in [1.165, 1.54) is 193 Å². The minimum absolute atomic E-state index is 0.106. The highest BCUT2D eigenvalue weighted by Crippen LogP contribution is 2.45. The van der Waals surface area contributed by atoms with Crippen LogP contribution in [0.2, 0.25) is 0 Å². The molecule has 0 rings (SSSR count). The van der Waals surface area contributed by atoms with Gasteiger partial charge in [0.2, 0.25) is 0 Å². The Hall–Kier alpha value is -1.94. The third-order valence-electron chi connectivity index (χ3n) is 17.4. The molecule has 558 valence electrons. The molecular weight excluding hydrogens is 1230 g/mol. The van der Waals surface area contributed by atoms with Crippen molar-refractivity contribution >= 4 is 39.5 Å². The first kappa shape index (κ1) is 92.1. The quantitative estimate of drug-likeness (QED) is 0.0222. The second-order valence-corrected chi connectivity index (χ2v) is 31.4. The summed E-state index contributed by atoms with van der Waals surface area (Å²) in [5, 5.41) is 10.6. The smallest absolute Gasteiger partial charge is 0.462 e. The average Bonchev–Trinajstić information content (AvgIpc) is 1.17. The zero-order valence-corrected chi connectivity index (χ0v) is 63.2. The van der Waals surface area contributed by atoms with Crippen LogP contribution in [-0.2, 0) is 65.4 Å². The molecule has 19 heteroatoms. The van der Waals surface area contributed by atoms with E-state index in [1.54, 1.807) is 0 Å². The predicted octanol–water partition coefficient (Wildman–Crippen LogP) is 21.8. The minimum atomic E-state index is -4.96. The van der Waals surface area contributed by atoms with Crippen LogP contribution in [0.5, 0.6) is 0 Å². The highest BCUT2D eigenvalue weighted by molar-refractivity contribution is 7.47. The molecule has 0 amide bonds. The second-order valence-electron chi connectivity index (χ2n) is 28.5. The summed E-state index contributed by atoms with van der Waals surface area (Å²) in [5.74, 6) is 0.180. The Labute approximate surface area is 575 Å². The van der Waals surface area contributed by atoms with Crippen molar-refractivity contribution in [2.75, 3.05) is 39.6 Å². The molecule has 0 aliphatic rings. The number of ether oxygens (including phenoxy) is 4. The van der Waals surface area contributed by atoms with Crippen molar-refractivity contribution in [2.45, 2.75) is 401 Å². The fraction of sp³-hybridized carbons (Fsp3) is 0.947. The Bertz CT molecular complexity index is 1840. The number of aliphatic hydroxyl groups excluding tert-OH is 1. The lowest BCUT2D eigenvalue weighted by molar-refractivity contribution is -0.161. The SMILES string of the molecule is CCCCCCCCCCCCCCC(=O)OC[C@H](COP(=O)(O)OC[C@H](O)COP(=O)(O)OC[C@@H](COC(=O)CCCCCCCCCCCCC(C)C)OC(=O)CCCCCCCCCCCCCCCC(C)C)OC(=O)CCCCCCCCCCCCC(C)C. The molecule has 2 unspecified atom stereocenters. The van der Waals surface area contributed by atoms with Gasteiger partial charge >= 0.3 is 39.5 Å². The number of unbranched alkanes of at least 4 members (excludes halogenated alkanes) is 41. The van der Waals surface area contributed by atoms with Crippen LogP contribution in [0.4, 0.5) is 0 Å². The van der Waals surface area contributed by atoms with Gasteiger partial charge in [-0.3, -0.25) is 37.3 Å². The van der Waals surface area contributed by atoms with Gasteiger partial charge < -0.3 is 33.8 Å². The van der Waals surface area contributed by atoms with E-state index < -0.39 is 97.5 Å². The summed E-state index contributed by atoms with van der Waals surface area (Å²) in [6.07, 6.45) is 51.2. The number of rotatable bonds is 73. The summed E-state index contributed by atoms with van der Waals surface area (Å²) in [6.45, 7) is 11.9. The molecule has 17 nitrogen and oxygen atoms in total. The molecule has 0 saturated carbocycles. The van der Waals surface area contributed by atoms with E-state index in [4.69, 9.17) is 37.0 Å². The number of esters is 4. The molecule has 0 aromatic rings. The van der Waals surface area contributed by atoms with Crippen LogP contribution in [0.1, 0.15) is 382 Å². The summed E-state index contributed by atoms with van der Waals surface area (Å²) in [6, 6.07) is 0. The summed E-state index contributed by atoms with van der Waals surface area (Å²) in [5.41, 5.74) is 0. The zero-order valence-electron chi connectivity index (χ0n) is 61.4. The van der Waals surface area contributed by atoms with E-state index >= 15 is 0 Å². The lowest BCUT2D eigenvalue weighted by atomic mass is 10.0. The van der Waals surface area contributed by atoms with Crippen LogP contribution in [0.15, 0.2) is 0 Å². The first-order chi connectivity index (χ1) is 45.2. The van der Waals surface area contributed by atoms with Gasteiger partial charge in [0.1, 0.15) is 19.3 Å². The van der Waals surface area contributed by atoms with Gasteiger partial charge in [-0.25, -0.2) is 9.13 Å². The molecule has 0 heterocycles. The van der Waals surface area contributed by atoms with Crippen molar-refractivity contribution in [1.82, 2.24) is 0 Å². The fourth-order valence-electron chi connectivity index (χ4n) is 11.4. The highest BCUT2D eigenvalue weighted by atomic mass is 31.2. The molecule has 0 saturated heterocycles. The molecule has 94 heavy (non-hydrogen) atoms. The maximum atomic E-state index is 13.1. The number of aliphatic hydroxyl groups is 1. The Kier molecular flexibility index (Phi) is 64.3. The topological polar surface area (TPSA) is 237 Å². The van der Waals surface area contributed by atoms with Gasteiger partial charge in [0.15, 0.2) is 12.2 Å². The maximum Gasteiger partial charge on any atom is 0.472 e. The van der Waals surface area contributed by atoms with Gasteiger partial charge in [0.25, 0.3) is 0 Å². The Morgan fingerprint density at radius 3 is 0.723 bits per heavy atom. The molecule has 0 radical (unpaired) electrons. The predicted molar refractivity (Wildman–Crippen MR) is 381 cm³/mol. The van der Waals surface area contributed by atoms with Gasteiger partial charge in [-0.05, 0) is 43.4 Å². The van der Waals surface area contributed by atoms with Crippen LogP contribution >= 0.6 is 15.6 Å². The monoisotopic (exact) mass is 1380 g/mol. The summed E-state index contributed by atoms with van der Waals surface area (Å²) in [4.78, 5) is 72.8. The van der Waals surface area contributed by atoms with E-state index in [0.717, 1.165) is 108 Å². The minimum Gasteiger partial charge on any atom is -0.462 e. The number of phosphoric acid groups is 2. The van der Waals surface area contributed by atoms with Gasteiger partial charge in [0, 0.05) is 25.7 Å². The number of hydrogen-bond acceptors (Lipinski definition) is 15. The van der Waals surface area contributed by atoms with Crippen LogP contribution in [0.3, 0.4) is 0 Å². The first-order valence-electron chi connectivity index (χ1n) is 38.8. The maximum absolute atomic E-state index is 13.1. The normalized spacial score (nSPS) is 14.1. The third-order valence-corrected chi connectivity index (χ3v) is 19.3. The fourth-order valence-corrected chi connectivity index (χ4v) is 13.0. The first-order valence-corrected chi connectivity index (χ1v) is 41.8. The molecule has 0 aromatic carbocycles. The third kappa shape index (κ3) is 68.6. The van der Waals surface area contributed by atoms with Gasteiger partial charge in [-0.15, -0.1) is 0 Å². The van der Waals surface area contributed by atoms with Crippen molar-refractivity contribution in [3.05, 3.63) is 0 Å². The van der Waals surface area contributed by atoms with Crippen molar-refractivity contribution in [3.63, 3.8) is 0 Å². The average molecular weight is 1380 g/mol. The van der Waals surface area contributed by atoms with Crippen molar-refractivity contribution in [3.8, 4) is 0 Å². The summed E-state index contributed by atoms with van der Waals surface area (Å²) in [7, 11) is -9.91. The lowest BCUT2D eigenvalue weighted by Crippen LogP contribution is -2.30. The van der Waals surface area contributed by atoms with Gasteiger partial charge in [-0.1, -0.05) is 331 Å². The summed E-state index contributed by atoms with van der Waals surface area (Å²) >= 11 is 0. The molecule has 0 aliphatic heterocycles. The van der Waals surface area contributed by atoms with Crippen molar-refractivity contribution < 1.29 is 80.2 Å². The van der Waals surface area contributed by atoms with E-state index in [9.17, 15) is 43.2 Å². The van der Waals surface area contributed by atoms with Gasteiger partial charge in [-0.2, -0.15) is 0 Å². The van der Waals surface area contributed by atoms with E-state index in [0.29, 0.717) is 25.7 Å². The van der Waals surface area contributed by atoms with Crippen molar-refractivity contribution in [2.24, 2.45) is 17.8 Å². The Balaban J connectivity index is 5.27. The standard InChI is InChI=1S/C75H146O17P2/c1-8-9-10-11-12-13-14-19-28-35-42-49-56-72(77)85-62-71(92-75(80)59-52-45-38-31-24-22-27-34-41-48-55-68(6)7)65-90-94(83,84)88-61-69(76)60-87-93(81,82)89-64-70(63-86-73(78)57-50-43-36-29-23-21-26-33-40-47-54-67(4)5)91-74(79)58-51-44-37-30-20-17-15-16-18-25-32-39-46-53-66(2)3/h66-71,76H,8-65H2,1-7H3,(H,81,82)(H,83,84)/t69-,70-,71-/m1/s1. The van der Waals surface area contributed by atoms with E-state index in [2.05, 4.69) is 48.5 Å². The van der Waals surface area contributed by atoms with E-state index in [1.807, 2.05) is 0 Å². The molecule has 0 aliphatic carbocycles. The van der Waals surface area contributed by atoms with Crippen LogP contribution in [0, 0.1) is 17.8 Å². The molecule has 0 aromatic heterocycles. The number of carbonyl (C=O) groups is 4. The summed E-state index contributed by atoms with van der Waals surface area (Å²) < 4.78 is 68.5. The molecule has 5 atom stereocenters. The number of carbonyl (C=O) groups excluding carboxylic acids is 4. The molecule has 0 spiro atoms. The second kappa shape index (κ2) is 65.7. The highest BCUT2D eigenvalue weighted by Gasteiger charge is 2.30. The Morgan fingerprint density at radius 1 is 0.287 bits per heavy atom. The van der Waals surface area contributed by atoms with Crippen LogP contribution in [0.25, 0.3) is 0 Å². The molecular formula is C75H146O17P2. The van der Waals surface area contributed by atoms with Crippen molar-refractivity contribution in [1.29, 1.82) is 0 Å². The van der Waals surface area contributed by atoms with Gasteiger partial charge in [0.05, 0.1) is 26.4 Å².